The first-order valence-corrected chi connectivity index (χ1v) is 6.90. The first kappa shape index (κ1) is 14.7. The van der Waals surface area contributed by atoms with E-state index in [1.165, 1.54) is 11.1 Å². The number of hydrogen-bond acceptors (Lipinski definition) is 2. The summed E-state index contributed by atoms with van der Waals surface area (Å²) in [6.07, 6.45) is 1.05. The first-order chi connectivity index (χ1) is 7.94. The second-order valence-electron chi connectivity index (χ2n) is 5.38. The van der Waals surface area contributed by atoms with E-state index < -0.39 is 0 Å². The average Bonchev–Trinajstić information content (AvgIpc) is 2.23. The van der Waals surface area contributed by atoms with Crippen molar-refractivity contribution in [2.45, 2.75) is 33.7 Å². The number of benzene rings is 1. The minimum absolute atomic E-state index is 0.272. The van der Waals surface area contributed by atoms with E-state index in [-0.39, 0.29) is 5.41 Å². The molecule has 0 aliphatic rings. The summed E-state index contributed by atoms with van der Waals surface area (Å²) < 4.78 is 1.14. The van der Waals surface area contributed by atoms with E-state index in [9.17, 15) is 0 Å². The smallest absolute Gasteiger partial charge is 0.0208 e. The second-order valence-corrected chi connectivity index (χ2v) is 6.29. The topological polar surface area (TPSA) is 38.0 Å². The first-order valence-electron chi connectivity index (χ1n) is 6.10. The van der Waals surface area contributed by atoms with Crippen LogP contribution in [0, 0.1) is 12.3 Å². The summed E-state index contributed by atoms with van der Waals surface area (Å²) in [6.45, 7) is 9.32. The molecule has 1 aromatic carbocycles. The van der Waals surface area contributed by atoms with Crippen molar-refractivity contribution < 1.29 is 0 Å². The van der Waals surface area contributed by atoms with Gasteiger partial charge in [0.15, 0.2) is 0 Å². The van der Waals surface area contributed by atoms with Crippen molar-refractivity contribution >= 4 is 15.9 Å². The molecule has 1 rings (SSSR count). The van der Waals surface area contributed by atoms with Gasteiger partial charge in [0.05, 0.1) is 0 Å². The maximum Gasteiger partial charge on any atom is 0.0208 e. The zero-order valence-corrected chi connectivity index (χ0v) is 12.6. The van der Waals surface area contributed by atoms with E-state index in [1.807, 2.05) is 0 Å². The zero-order valence-electron chi connectivity index (χ0n) is 11.0. The third kappa shape index (κ3) is 5.19. The summed E-state index contributed by atoms with van der Waals surface area (Å²) in [5.41, 5.74) is 8.56. The van der Waals surface area contributed by atoms with Crippen LogP contribution in [0.1, 0.15) is 31.4 Å². The van der Waals surface area contributed by atoms with Gasteiger partial charge in [0.1, 0.15) is 0 Å². The molecule has 2 nitrogen and oxygen atoms in total. The van der Waals surface area contributed by atoms with Gasteiger partial charge in [-0.1, -0.05) is 35.8 Å². The average molecular weight is 299 g/mol. The Bertz CT molecular complexity index is 361. The van der Waals surface area contributed by atoms with Gasteiger partial charge in [0, 0.05) is 17.6 Å². The van der Waals surface area contributed by atoms with Gasteiger partial charge in [-0.3, -0.25) is 0 Å². The highest BCUT2D eigenvalue weighted by Gasteiger charge is 2.15. The lowest BCUT2D eigenvalue weighted by molar-refractivity contribution is 0.319. The lowest BCUT2D eigenvalue weighted by atomic mass is 9.89. The third-order valence-corrected chi connectivity index (χ3v) is 3.54. The molecule has 0 amide bonds. The molecule has 1 aromatic rings. The fourth-order valence-electron chi connectivity index (χ4n) is 1.85. The van der Waals surface area contributed by atoms with Gasteiger partial charge in [-0.2, -0.15) is 0 Å². The molecule has 0 saturated carbocycles. The Hall–Kier alpha value is -0.380. The van der Waals surface area contributed by atoms with Crippen molar-refractivity contribution in [1.82, 2.24) is 5.32 Å². The maximum absolute atomic E-state index is 5.61. The van der Waals surface area contributed by atoms with Crippen LogP contribution in [0.4, 0.5) is 0 Å². The highest BCUT2D eigenvalue weighted by Crippen LogP contribution is 2.19. The van der Waals surface area contributed by atoms with Gasteiger partial charge in [-0.25, -0.2) is 0 Å². The third-order valence-electron chi connectivity index (χ3n) is 3.05. The summed E-state index contributed by atoms with van der Waals surface area (Å²) in [4.78, 5) is 0. The van der Waals surface area contributed by atoms with Gasteiger partial charge in [0.2, 0.25) is 0 Å². The molecule has 96 valence electrons. The molecule has 0 spiro atoms. The summed E-state index contributed by atoms with van der Waals surface area (Å²) in [7, 11) is 0. The van der Waals surface area contributed by atoms with Crippen LogP contribution in [0.3, 0.4) is 0 Å². The van der Waals surface area contributed by atoms with Crippen molar-refractivity contribution in [2.75, 3.05) is 13.1 Å². The van der Waals surface area contributed by atoms with E-state index in [0.29, 0.717) is 0 Å². The lowest BCUT2D eigenvalue weighted by Gasteiger charge is -2.24. The molecule has 17 heavy (non-hydrogen) atoms. The number of nitrogens with two attached hydrogens (primary N) is 1. The van der Waals surface area contributed by atoms with Crippen LogP contribution in [0.5, 0.6) is 0 Å². The van der Waals surface area contributed by atoms with E-state index >= 15 is 0 Å². The predicted octanol–water partition coefficient (Wildman–Crippen LogP) is 3.22. The molecule has 0 fully saturated rings. The van der Waals surface area contributed by atoms with Crippen LogP contribution in [0.15, 0.2) is 22.7 Å². The van der Waals surface area contributed by atoms with E-state index in [2.05, 4.69) is 60.2 Å². The number of aryl methyl sites for hydroxylation is 1. The Labute approximate surface area is 113 Å². The molecule has 0 unspecified atom stereocenters. The summed E-state index contributed by atoms with van der Waals surface area (Å²) >= 11 is 3.51. The van der Waals surface area contributed by atoms with Crippen LogP contribution >= 0.6 is 15.9 Å². The van der Waals surface area contributed by atoms with Crippen molar-refractivity contribution in [3.05, 3.63) is 33.8 Å². The van der Waals surface area contributed by atoms with Gasteiger partial charge < -0.3 is 11.1 Å². The van der Waals surface area contributed by atoms with E-state index in [0.717, 1.165) is 30.5 Å². The minimum atomic E-state index is 0.272. The molecule has 0 aliphatic heterocycles. The second kappa shape index (κ2) is 6.53. The largest absolute Gasteiger partial charge is 0.330 e. The molecule has 3 N–H and O–H groups in total. The number of halogens is 1. The number of hydrogen-bond donors (Lipinski definition) is 2. The molecular weight excluding hydrogens is 276 g/mol. The van der Waals surface area contributed by atoms with E-state index in [1.54, 1.807) is 0 Å². The maximum atomic E-state index is 5.61. The highest BCUT2D eigenvalue weighted by atomic mass is 79.9. The molecule has 0 heterocycles. The number of rotatable bonds is 6. The Morgan fingerprint density at radius 1 is 1.35 bits per heavy atom. The molecule has 0 radical (unpaired) electrons. The van der Waals surface area contributed by atoms with Gasteiger partial charge in [-0.15, -0.1) is 0 Å². The molecule has 0 aromatic heterocycles. The van der Waals surface area contributed by atoms with Gasteiger partial charge in [0.25, 0.3) is 0 Å². The van der Waals surface area contributed by atoms with Crippen LogP contribution in [0.2, 0.25) is 0 Å². The van der Waals surface area contributed by atoms with Crippen LogP contribution < -0.4 is 11.1 Å². The van der Waals surface area contributed by atoms with Crippen molar-refractivity contribution in [2.24, 2.45) is 11.1 Å². The summed E-state index contributed by atoms with van der Waals surface area (Å²) in [5.74, 6) is 0. The van der Waals surface area contributed by atoms with Gasteiger partial charge >= 0.3 is 0 Å². The van der Waals surface area contributed by atoms with Crippen molar-refractivity contribution in [1.29, 1.82) is 0 Å². The normalized spacial score (nSPS) is 11.8. The quantitative estimate of drug-likeness (QED) is 0.846. The predicted molar refractivity (Wildman–Crippen MR) is 78.0 cm³/mol. The Morgan fingerprint density at radius 2 is 2.06 bits per heavy atom. The lowest BCUT2D eigenvalue weighted by Crippen LogP contribution is -2.31. The van der Waals surface area contributed by atoms with Crippen molar-refractivity contribution in [3.8, 4) is 0 Å². The summed E-state index contributed by atoms with van der Waals surface area (Å²) in [6, 6.07) is 6.40. The summed E-state index contributed by atoms with van der Waals surface area (Å²) in [5, 5.41) is 3.52. The standard InChI is InChI=1S/C14H23BrN2/c1-11-4-5-13(15)8-12(11)9-17-10-14(2,3)6-7-16/h4-5,8,17H,6-7,9-10,16H2,1-3H3. The van der Waals surface area contributed by atoms with Crippen LogP contribution in [-0.4, -0.2) is 13.1 Å². The van der Waals surface area contributed by atoms with Crippen molar-refractivity contribution in [3.63, 3.8) is 0 Å². The molecule has 3 heteroatoms. The van der Waals surface area contributed by atoms with Crippen LogP contribution in [0.25, 0.3) is 0 Å². The number of nitrogens with one attached hydrogen (secondary N) is 1. The molecule has 0 aliphatic carbocycles. The van der Waals surface area contributed by atoms with Gasteiger partial charge in [-0.05, 0) is 48.6 Å². The Kier molecular flexibility index (Phi) is 5.63. The SMILES string of the molecule is Cc1ccc(Br)cc1CNCC(C)(C)CCN. The Morgan fingerprint density at radius 3 is 2.71 bits per heavy atom. The fourth-order valence-corrected chi connectivity index (χ4v) is 2.25. The monoisotopic (exact) mass is 298 g/mol. The van der Waals surface area contributed by atoms with E-state index in [4.69, 9.17) is 5.73 Å². The molecular formula is C14H23BrN2. The molecule has 0 atom stereocenters. The van der Waals surface area contributed by atoms with Crippen LogP contribution in [-0.2, 0) is 6.54 Å². The molecule has 0 bridgehead atoms. The minimum Gasteiger partial charge on any atom is -0.330 e. The molecule has 0 saturated heterocycles. The zero-order chi connectivity index (χ0) is 12.9. The Balaban J connectivity index is 2.48. The highest BCUT2D eigenvalue weighted by molar-refractivity contribution is 9.10. The fraction of sp³-hybridized carbons (Fsp3) is 0.571.